The van der Waals surface area contributed by atoms with Crippen LogP contribution in [0.5, 0.6) is 11.5 Å². The molecule has 2 amide bonds. The molecule has 0 bridgehead atoms. The van der Waals surface area contributed by atoms with Gasteiger partial charge in [-0.1, -0.05) is 18.2 Å². The van der Waals surface area contributed by atoms with Crippen LogP contribution in [-0.2, 0) is 16.1 Å². The molecular formula is C24H29N5O4. The molecule has 1 fully saturated rings. The van der Waals surface area contributed by atoms with Crippen LogP contribution >= 0.6 is 0 Å². The first-order chi connectivity index (χ1) is 16.0. The van der Waals surface area contributed by atoms with Crippen LogP contribution in [0.3, 0.4) is 0 Å². The van der Waals surface area contributed by atoms with Crippen molar-refractivity contribution in [2.75, 3.05) is 45.4 Å². The van der Waals surface area contributed by atoms with E-state index in [1.54, 1.807) is 26.0 Å². The average Bonchev–Trinajstić information content (AvgIpc) is 2.86. The lowest BCUT2D eigenvalue weighted by atomic mass is 10.1. The highest BCUT2D eigenvalue weighted by Crippen LogP contribution is 2.25. The first-order valence-corrected chi connectivity index (χ1v) is 11.0. The molecule has 0 saturated carbocycles. The zero-order chi connectivity index (χ0) is 23.4. The summed E-state index contributed by atoms with van der Waals surface area (Å²) in [7, 11) is 3.30. The average molecular weight is 452 g/mol. The molecule has 2 aromatic rings. The van der Waals surface area contributed by atoms with E-state index in [1.165, 1.54) is 5.01 Å². The van der Waals surface area contributed by atoms with Gasteiger partial charge in [0.05, 0.1) is 19.9 Å². The zero-order valence-electron chi connectivity index (χ0n) is 19.2. The number of carbonyl (C=O) groups is 2. The van der Waals surface area contributed by atoms with Crippen molar-refractivity contribution in [1.29, 1.82) is 0 Å². The van der Waals surface area contributed by atoms with Crippen LogP contribution in [-0.4, -0.2) is 73.9 Å². The minimum absolute atomic E-state index is 0.189. The number of anilines is 1. The van der Waals surface area contributed by atoms with E-state index in [4.69, 9.17) is 9.47 Å². The van der Waals surface area contributed by atoms with Gasteiger partial charge in [0.1, 0.15) is 17.5 Å². The first-order valence-electron chi connectivity index (χ1n) is 11.0. The number of methoxy groups -OCH3 is 2. The lowest BCUT2D eigenvalue weighted by molar-refractivity contribution is -0.126. The van der Waals surface area contributed by atoms with Crippen molar-refractivity contribution in [2.45, 2.75) is 19.5 Å². The minimum Gasteiger partial charge on any atom is -0.497 e. The summed E-state index contributed by atoms with van der Waals surface area (Å²) in [6.07, 6.45) is 0. The quantitative estimate of drug-likeness (QED) is 0.719. The van der Waals surface area contributed by atoms with Gasteiger partial charge in [-0.25, -0.2) is 10.0 Å². The molecule has 174 valence electrons. The number of carbonyl (C=O) groups excluding carboxylic acids is 2. The molecule has 0 unspecified atom stereocenters. The third-order valence-electron chi connectivity index (χ3n) is 5.88. The molecule has 0 radical (unpaired) electrons. The van der Waals surface area contributed by atoms with Crippen LogP contribution in [0.1, 0.15) is 12.5 Å². The van der Waals surface area contributed by atoms with E-state index in [1.807, 2.05) is 48.5 Å². The summed E-state index contributed by atoms with van der Waals surface area (Å²) >= 11 is 0. The molecule has 1 N–H and O–H groups in total. The summed E-state index contributed by atoms with van der Waals surface area (Å²) in [5.41, 5.74) is 4.64. The molecule has 33 heavy (non-hydrogen) atoms. The van der Waals surface area contributed by atoms with Gasteiger partial charge in [-0.3, -0.25) is 19.9 Å². The van der Waals surface area contributed by atoms with Crippen molar-refractivity contribution in [2.24, 2.45) is 4.99 Å². The van der Waals surface area contributed by atoms with Crippen LogP contribution in [0.2, 0.25) is 0 Å². The molecule has 0 aliphatic carbocycles. The molecule has 1 saturated heterocycles. The van der Waals surface area contributed by atoms with Crippen LogP contribution < -0.4 is 19.9 Å². The molecule has 0 spiro atoms. The Hall–Kier alpha value is -3.59. The summed E-state index contributed by atoms with van der Waals surface area (Å²) in [6, 6.07) is 14.3. The van der Waals surface area contributed by atoms with Gasteiger partial charge in [0.2, 0.25) is 5.84 Å². The van der Waals surface area contributed by atoms with Gasteiger partial charge in [-0.2, -0.15) is 0 Å². The summed E-state index contributed by atoms with van der Waals surface area (Å²) in [4.78, 5) is 34.1. The number of hydrogen-bond donors (Lipinski definition) is 1. The smallest absolute Gasteiger partial charge is 0.290 e. The molecule has 0 aromatic heterocycles. The van der Waals surface area contributed by atoms with E-state index in [0.717, 1.165) is 30.2 Å². The number of piperazine rings is 1. The lowest BCUT2D eigenvalue weighted by Crippen LogP contribution is -2.60. The second kappa shape index (κ2) is 9.91. The van der Waals surface area contributed by atoms with Crippen LogP contribution in [0, 0.1) is 0 Å². The van der Waals surface area contributed by atoms with Crippen LogP contribution in [0.25, 0.3) is 0 Å². The Morgan fingerprint density at radius 3 is 2.45 bits per heavy atom. The van der Waals surface area contributed by atoms with Crippen molar-refractivity contribution in [3.8, 4) is 11.5 Å². The van der Waals surface area contributed by atoms with Crippen LogP contribution in [0.15, 0.2) is 53.5 Å². The number of nitrogens with zero attached hydrogens (tertiary/aromatic N) is 4. The Bertz CT molecular complexity index is 1030. The second-order valence-corrected chi connectivity index (χ2v) is 8.02. The number of rotatable bonds is 6. The van der Waals surface area contributed by atoms with E-state index >= 15 is 0 Å². The summed E-state index contributed by atoms with van der Waals surface area (Å²) < 4.78 is 10.8. The third kappa shape index (κ3) is 4.93. The molecule has 2 aliphatic heterocycles. The first kappa shape index (κ1) is 22.6. The molecular weight excluding hydrogens is 422 g/mol. The normalized spacial score (nSPS) is 19.1. The largest absolute Gasteiger partial charge is 0.497 e. The second-order valence-electron chi connectivity index (χ2n) is 8.02. The maximum absolute atomic E-state index is 13.2. The number of hydrazine groups is 1. The lowest BCUT2D eigenvalue weighted by Gasteiger charge is -2.37. The van der Waals surface area contributed by atoms with Gasteiger partial charge in [0, 0.05) is 38.3 Å². The van der Waals surface area contributed by atoms with Crippen molar-refractivity contribution in [3.05, 3.63) is 54.1 Å². The highest BCUT2D eigenvalue weighted by atomic mass is 16.5. The third-order valence-corrected chi connectivity index (χ3v) is 5.88. The van der Waals surface area contributed by atoms with Crippen molar-refractivity contribution < 1.29 is 19.1 Å². The van der Waals surface area contributed by atoms with Gasteiger partial charge in [0.15, 0.2) is 0 Å². The summed E-state index contributed by atoms with van der Waals surface area (Å²) in [5, 5.41) is 1.40. The highest BCUT2D eigenvalue weighted by molar-refractivity contribution is 6.39. The number of amides is 2. The zero-order valence-corrected chi connectivity index (χ0v) is 19.2. The Balaban J connectivity index is 1.39. The number of hydrogen-bond acceptors (Lipinski definition) is 7. The number of nitrogens with one attached hydrogen (secondary N) is 1. The molecule has 2 heterocycles. The maximum atomic E-state index is 13.2. The number of ether oxygens (including phenoxy) is 2. The minimum atomic E-state index is -0.632. The molecule has 9 heteroatoms. The van der Waals surface area contributed by atoms with Gasteiger partial charge in [-0.05, 0) is 37.3 Å². The highest BCUT2D eigenvalue weighted by Gasteiger charge is 2.33. The monoisotopic (exact) mass is 451 g/mol. The Morgan fingerprint density at radius 1 is 1.06 bits per heavy atom. The van der Waals surface area contributed by atoms with E-state index in [2.05, 4.69) is 15.3 Å². The summed E-state index contributed by atoms with van der Waals surface area (Å²) in [5.74, 6) is 1.39. The number of aliphatic imine (C=N–C) groups is 1. The van der Waals surface area contributed by atoms with Crippen molar-refractivity contribution in [3.63, 3.8) is 0 Å². The Kier molecular flexibility index (Phi) is 6.79. The van der Waals surface area contributed by atoms with E-state index < -0.39 is 6.04 Å². The fourth-order valence-corrected chi connectivity index (χ4v) is 4.00. The molecule has 1 atom stereocenters. The Morgan fingerprint density at radius 2 is 1.79 bits per heavy atom. The molecule has 4 rings (SSSR count). The predicted octanol–water partition coefficient (Wildman–Crippen LogP) is 1.69. The summed E-state index contributed by atoms with van der Waals surface area (Å²) in [6.45, 7) is 4.98. The molecule has 9 nitrogen and oxygen atoms in total. The van der Waals surface area contributed by atoms with Gasteiger partial charge < -0.3 is 14.4 Å². The molecule has 2 aliphatic rings. The van der Waals surface area contributed by atoms with E-state index in [-0.39, 0.29) is 17.6 Å². The van der Waals surface area contributed by atoms with Crippen molar-refractivity contribution in [1.82, 2.24) is 15.2 Å². The number of amidine groups is 1. The standard InChI is InChI=1S/C24H29N5O4/c1-17-23(30)29(19-7-5-4-6-8-19)26-22(25-17)24(31)28-13-11-27(12-14-28)16-18-15-20(32-2)9-10-21(18)33-3/h4-10,15,17H,11-14,16H2,1-3H3,(H,25,26)/t17-/m1/s1. The van der Waals surface area contributed by atoms with E-state index in [9.17, 15) is 9.59 Å². The number of para-hydroxylation sites is 1. The molecule has 2 aromatic carbocycles. The maximum Gasteiger partial charge on any atom is 0.290 e. The van der Waals surface area contributed by atoms with Gasteiger partial charge in [-0.15, -0.1) is 0 Å². The predicted molar refractivity (Wildman–Crippen MR) is 125 cm³/mol. The van der Waals surface area contributed by atoms with Gasteiger partial charge >= 0.3 is 0 Å². The number of benzene rings is 2. The topological polar surface area (TPSA) is 86.7 Å². The fraction of sp³-hybridized carbons (Fsp3) is 0.375. The SMILES string of the molecule is COc1ccc(OC)c(CN2CCN(C(=O)C3=N[C@H](C)C(=O)N(c4ccccc4)N3)CC2)c1. The van der Waals surface area contributed by atoms with Crippen molar-refractivity contribution >= 4 is 23.3 Å². The van der Waals surface area contributed by atoms with E-state index in [0.29, 0.717) is 25.3 Å². The van der Waals surface area contributed by atoms with Gasteiger partial charge in [0.25, 0.3) is 11.8 Å². The Labute approximate surface area is 193 Å². The fourth-order valence-electron chi connectivity index (χ4n) is 4.00. The van der Waals surface area contributed by atoms with Crippen LogP contribution in [0.4, 0.5) is 5.69 Å².